The molecule has 1 fully saturated rings. The van der Waals surface area contributed by atoms with Crippen molar-refractivity contribution in [1.29, 1.82) is 0 Å². The molecule has 1 aromatic rings. The molecule has 5 heteroatoms. The molecule has 0 aliphatic carbocycles. The average molecular weight is 239 g/mol. The zero-order valence-corrected chi connectivity index (χ0v) is 9.44. The summed E-state index contributed by atoms with van der Waals surface area (Å²) >= 11 is 0. The Balaban J connectivity index is 2.07. The molecule has 0 aromatic heterocycles. The SMILES string of the molecule is CC1CCOC1C(=O)Nc1cc(O)cc(F)c1. The highest BCUT2D eigenvalue weighted by atomic mass is 19.1. The molecule has 1 amide bonds. The number of amides is 1. The van der Waals surface area contributed by atoms with Gasteiger partial charge in [-0.25, -0.2) is 4.39 Å². The van der Waals surface area contributed by atoms with E-state index in [2.05, 4.69) is 5.32 Å². The molecule has 1 aliphatic heterocycles. The van der Waals surface area contributed by atoms with Crippen LogP contribution >= 0.6 is 0 Å². The van der Waals surface area contributed by atoms with Crippen molar-refractivity contribution in [3.05, 3.63) is 24.0 Å². The number of hydrogen-bond acceptors (Lipinski definition) is 3. The fourth-order valence-electron chi connectivity index (χ4n) is 1.89. The zero-order chi connectivity index (χ0) is 12.4. The molecule has 92 valence electrons. The number of rotatable bonds is 2. The molecule has 17 heavy (non-hydrogen) atoms. The van der Waals surface area contributed by atoms with E-state index < -0.39 is 11.9 Å². The minimum Gasteiger partial charge on any atom is -0.508 e. The smallest absolute Gasteiger partial charge is 0.253 e. The maximum absolute atomic E-state index is 13.0. The van der Waals surface area contributed by atoms with Crippen LogP contribution < -0.4 is 5.32 Å². The van der Waals surface area contributed by atoms with Crippen molar-refractivity contribution in [1.82, 2.24) is 0 Å². The van der Waals surface area contributed by atoms with E-state index in [9.17, 15) is 14.3 Å². The third-order valence-corrected chi connectivity index (χ3v) is 2.80. The highest BCUT2D eigenvalue weighted by molar-refractivity contribution is 5.94. The highest BCUT2D eigenvalue weighted by Crippen LogP contribution is 2.23. The van der Waals surface area contributed by atoms with Crippen LogP contribution in [0.25, 0.3) is 0 Å². The molecule has 1 saturated heterocycles. The number of nitrogens with one attached hydrogen (secondary N) is 1. The quantitative estimate of drug-likeness (QED) is 0.828. The van der Waals surface area contributed by atoms with Crippen molar-refractivity contribution < 1.29 is 19.0 Å². The molecule has 0 bridgehead atoms. The second-order valence-corrected chi connectivity index (χ2v) is 4.24. The van der Waals surface area contributed by atoms with E-state index in [4.69, 9.17) is 4.74 Å². The van der Waals surface area contributed by atoms with Gasteiger partial charge in [0.05, 0.1) is 0 Å². The van der Waals surface area contributed by atoms with Crippen LogP contribution in [0.5, 0.6) is 5.75 Å². The Morgan fingerprint density at radius 3 is 2.88 bits per heavy atom. The molecule has 2 N–H and O–H groups in total. The lowest BCUT2D eigenvalue weighted by Gasteiger charge is -2.14. The maximum Gasteiger partial charge on any atom is 0.253 e. The summed E-state index contributed by atoms with van der Waals surface area (Å²) in [6, 6.07) is 3.42. The third-order valence-electron chi connectivity index (χ3n) is 2.80. The lowest BCUT2D eigenvalue weighted by Crippen LogP contribution is -2.31. The van der Waals surface area contributed by atoms with Gasteiger partial charge in [0.1, 0.15) is 17.7 Å². The summed E-state index contributed by atoms with van der Waals surface area (Å²) in [5.74, 6) is -0.974. The molecular weight excluding hydrogens is 225 g/mol. The fourth-order valence-corrected chi connectivity index (χ4v) is 1.89. The fraction of sp³-hybridized carbons (Fsp3) is 0.417. The summed E-state index contributed by atoms with van der Waals surface area (Å²) < 4.78 is 18.3. The number of phenols is 1. The van der Waals surface area contributed by atoms with Crippen LogP contribution in [-0.4, -0.2) is 23.7 Å². The summed E-state index contributed by atoms with van der Waals surface area (Å²) in [5, 5.41) is 11.7. The van der Waals surface area contributed by atoms with E-state index in [1.165, 1.54) is 6.07 Å². The van der Waals surface area contributed by atoms with Gasteiger partial charge in [0.15, 0.2) is 0 Å². The van der Waals surface area contributed by atoms with Crippen molar-refractivity contribution in [3.8, 4) is 5.75 Å². The Kier molecular flexibility index (Phi) is 3.28. The third kappa shape index (κ3) is 2.74. The van der Waals surface area contributed by atoms with Crippen molar-refractivity contribution >= 4 is 11.6 Å². The summed E-state index contributed by atoms with van der Waals surface area (Å²) in [7, 11) is 0. The van der Waals surface area contributed by atoms with Crippen LogP contribution in [0.3, 0.4) is 0 Å². The summed E-state index contributed by atoms with van der Waals surface area (Å²) in [4.78, 5) is 11.8. The topological polar surface area (TPSA) is 58.6 Å². The van der Waals surface area contributed by atoms with Crippen LogP contribution in [0.4, 0.5) is 10.1 Å². The molecule has 2 unspecified atom stereocenters. The zero-order valence-electron chi connectivity index (χ0n) is 9.44. The Labute approximate surface area is 98.4 Å². The first-order chi connectivity index (χ1) is 8.06. The molecule has 4 nitrogen and oxygen atoms in total. The first-order valence-corrected chi connectivity index (χ1v) is 5.48. The Morgan fingerprint density at radius 1 is 1.53 bits per heavy atom. The molecule has 0 saturated carbocycles. The Morgan fingerprint density at radius 2 is 2.29 bits per heavy atom. The van der Waals surface area contributed by atoms with Gasteiger partial charge in [-0.05, 0) is 18.4 Å². The standard InChI is InChI=1S/C12H14FNO3/c1-7-2-3-17-11(7)12(16)14-9-4-8(13)5-10(15)6-9/h4-7,11,15H,2-3H2,1H3,(H,14,16). The van der Waals surface area contributed by atoms with Gasteiger partial charge in [-0.3, -0.25) is 4.79 Å². The van der Waals surface area contributed by atoms with E-state index in [0.29, 0.717) is 6.61 Å². The molecule has 0 radical (unpaired) electrons. The van der Waals surface area contributed by atoms with Crippen LogP contribution in [0.2, 0.25) is 0 Å². The van der Waals surface area contributed by atoms with Gasteiger partial charge in [0, 0.05) is 24.4 Å². The van der Waals surface area contributed by atoms with Gasteiger partial charge in [-0.1, -0.05) is 6.92 Å². The first-order valence-electron chi connectivity index (χ1n) is 5.48. The molecule has 2 rings (SSSR count). The largest absolute Gasteiger partial charge is 0.508 e. The van der Waals surface area contributed by atoms with Crippen molar-refractivity contribution in [2.24, 2.45) is 5.92 Å². The number of hydrogen-bond donors (Lipinski definition) is 2. The number of aromatic hydroxyl groups is 1. The predicted octanol–water partition coefficient (Wildman–Crippen LogP) is 1.89. The number of phenolic OH excluding ortho intramolecular Hbond substituents is 1. The second-order valence-electron chi connectivity index (χ2n) is 4.24. The van der Waals surface area contributed by atoms with Gasteiger partial charge in [-0.15, -0.1) is 0 Å². The summed E-state index contributed by atoms with van der Waals surface area (Å²) in [5.41, 5.74) is 0.232. The van der Waals surface area contributed by atoms with Gasteiger partial charge >= 0.3 is 0 Å². The number of halogens is 1. The number of ether oxygens (including phenoxy) is 1. The number of benzene rings is 1. The van der Waals surface area contributed by atoms with Gasteiger partial charge in [-0.2, -0.15) is 0 Å². The lowest BCUT2D eigenvalue weighted by molar-refractivity contribution is -0.126. The summed E-state index contributed by atoms with van der Waals surface area (Å²) in [6.45, 7) is 2.49. The minimum absolute atomic E-state index is 0.150. The molecule has 1 heterocycles. The molecular formula is C12H14FNO3. The lowest BCUT2D eigenvalue weighted by atomic mass is 10.0. The van der Waals surface area contributed by atoms with Gasteiger partial charge < -0.3 is 15.2 Å². The second kappa shape index (κ2) is 4.71. The van der Waals surface area contributed by atoms with Crippen molar-refractivity contribution in [3.63, 3.8) is 0 Å². The van der Waals surface area contributed by atoms with E-state index >= 15 is 0 Å². The minimum atomic E-state index is -0.597. The highest BCUT2D eigenvalue weighted by Gasteiger charge is 2.30. The van der Waals surface area contributed by atoms with Gasteiger partial charge in [0.25, 0.3) is 5.91 Å². The summed E-state index contributed by atoms with van der Waals surface area (Å²) in [6.07, 6.45) is 0.340. The van der Waals surface area contributed by atoms with Crippen molar-refractivity contribution in [2.75, 3.05) is 11.9 Å². The van der Waals surface area contributed by atoms with E-state index in [-0.39, 0.29) is 23.3 Å². The molecule has 1 aliphatic rings. The predicted molar refractivity (Wildman–Crippen MR) is 60.2 cm³/mol. The number of carbonyl (C=O) groups excluding carboxylic acids is 1. The Bertz CT molecular complexity index is 416. The maximum atomic E-state index is 13.0. The normalized spacial score (nSPS) is 23.6. The van der Waals surface area contributed by atoms with Crippen molar-refractivity contribution in [2.45, 2.75) is 19.4 Å². The molecule has 2 atom stereocenters. The molecule has 0 spiro atoms. The van der Waals surface area contributed by atoms with Crippen LogP contribution in [-0.2, 0) is 9.53 Å². The van der Waals surface area contributed by atoms with E-state index in [1.807, 2.05) is 6.92 Å². The van der Waals surface area contributed by atoms with Crippen LogP contribution in [0, 0.1) is 11.7 Å². The van der Waals surface area contributed by atoms with E-state index in [1.54, 1.807) is 0 Å². The van der Waals surface area contributed by atoms with E-state index in [0.717, 1.165) is 18.6 Å². The average Bonchev–Trinajstić information content (AvgIpc) is 2.62. The number of carbonyl (C=O) groups is 1. The van der Waals surface area contributed by atoms with Gasteiger partial charge in [0.2, 0.25) is 0 Å². The Hall–Kier alpha value is -1.62. The number of anilines is 1. The molecule has 1 aromatic carbocycles. The van der Waals surface area contributed by atoms with Crippen LogP contribution in [0.15, 0.2) is 18.2 Å². The monoisotopic (exact) mass is 239 g/mol. The van der Waals surface area contributed by atoms with Crippen LogP contribution in [0.1, 0.15) is 13.3 Å². The first kappa shape index (κ1) is 11.9.